The molecule has 1 aliphatic heterocycles. The standard InChI is InChI=1S/C12H18N2S/c1-12(6-4-8-15-12)11(13-2)10-5-3-7-14-9-10/h3,5,7,9,11,13H,4,6,8H2,1-2H3. The highest BCUT2D eigenvalue weighted by Gasteiger charge is 2.37. The van der Waals surface area contributed by atoms with Crippen LogP contribution in [-0.4, -0.2) is 22.5 Å². The molecule has 0 saturated carbocycles. The van der Waals surface area contributed by atoms with Crippen molar-refractivity contribution in [3.63, 3.8) is 0 Å². The number of hydrogen-bond acceptors (Lipinski definition) is 3. The van der Waals surface area contributed by atoms with E-state index in [4.69, 9.17) is 0 Å². The number of rotatable bonds is 3. The molecule has 0 radical (unpaired) electrons. The van der Waals surface area contributed by atoms with Gasteiger partial charge in [-0.2, -0.15) is 11.8 Å². The van der Waals surface area contributed by atoms with Gasteiger partial charge in [0.2, 0.25) is 0 Å². The molecule has 82 valence electrons. The van der Waals surface area contributed by atoms with Crippen molar-refractivity contribution >= 4 is 11.8 Å². The van der Waals surface area contributed by atoms with Crippen LogP contribution < -0.4 is 5.32 Å². The molecule has 0 amide bonds. The summed E-state index contributed by atoms with van der Waals surface area (Å²) in [5, 5.41) is 3.44. The molecule has 0 bridgehead atoms. The quantitative estimate of drug-likeness (QED) is 0.851. The predicted octanol–water partition coefficient (Wildman–Crippen LogP) is 2.63. The van der Waals surface area contributed by atoms with Crippen molar-refractivity contribution in [3.05, 3.63) is 30.1 Å². The first-order chi connectivity index (χ1) is 7.26. The summed E-state index contributed by atoms with van der Waals surface area (Å²) in [6.45, 7) is 2.36. The fourth-order valence-electron chi connectivity index (χ4n) is 2.40. The second-order valence-electron chi connectivity index (χ2n) is 4.27. The zero-order valence-electron chi connectivity index (χ0n) is 9.36. The lowest BCUT2D eigenvalue weighted by atomic mass is 9.91. The van der Waals surface area contributed by atoms with Gasteiger partial charge in [0, 0.05) is 23.2 Å². The van der Waals surface area contributed by atoms with Crippen molar-refractivity contribution in [1.29, 1.82) is 0 Å². The first-order valence-corrected chi connectivity index (χ1v) is 6.46. The van der Waals surface area contributed by atoms with Gasteiger partial charge in [0.25, 0.3) is 0 Å². The summed E-state index contributed by atoms with van der Waals surface area (Å²) in [6.07, 6.45) is 6.43. The van der Waals surface area contributed by atoms with E-state index in [0.717, 1.165) is 0 Å². The maximum atomic E-state index is 4.21. The Labute approximate surface area is 95.9 Å². The molecule has 0 aromatic carbocycles. The van der Waals surface area contributed by atoms with Crippen LogP contribution in [0.4, 0.5) is 0 Å². The van der Waals surface area contributed by atoms with E-state index in [0.29, 0.717) is 10.8 Å². The third-order valence-corrected chi connectivity index (χ3v) is 4.76. The van der Waals surface area contributed by atoms with Crippen molar-refractivity contribution < 1.29 is 0 Å². The van der Waals surface area contributed by atoms with Gasteiger partial charge < -0.3 is 5.32 Å². The van der Waals surface area contributed by atoms with E-state index in [-0.39, 0.29) is 0 Å². The van der Waals surface area contributed by atoms with Crippen LogP contribution in [0.25, 0.3) is 0 Å². The third kappa shape index (κ3) is 2.18. The van der Waals surface area contributed by atoms with Crippen molar-refractivity contribution in [1.82, 2.24) is 10.3 Å². The number of aromatic nitrogens is 1. The topological polar surface area (TPSA) is 24.9 Å². The van der Waals surface area contributed by atoms with Crippen molar-refractivity contribution in [3.8, 4) is 0 Å². The molecule has 1 N–H and O–H groups in total. The molecular formula is C12H18N2S. The molecule has 2 rings (SSSR count). The highest BCUT2D eigenvalue weighted by Crippen LogP contribution is 2.46. The first kappa shape index (κ1) is 11.0. The highest BCUT2D eigenvalue weighted by molar-refractivity contribution is 8.00. The van der Waals surface area contributed by atoms with E-state index >= 15 is 0 Å². The zero-order chi connectivity index (χ0) is 10.7. The normalized spacial score (nSPS) is 27.9. The number of nitrogens with one attached hydrogen (secondary N) is 1. The number of hydrogen-bond donors (Lipinski definition) is 1. The zero-order valence-corrected chi connectivity index (χ0v) is 10.2. The van der Waals surface area contributed by atoms with Crippen molar-refractivity contribution in [2.24, 2.45) is 0 Å². The summed E-state index contributed by atoms with van der Waals surface area (Å²) in [6, 6.07) is 4.60. The molecule has 0 aliphatic carbocycles. The molecule has 0 spiro atoms. The lowest BCUT2D eigenvalue weighted by Gasteiger charge is -2.33. The molecule has 15 heavy (non-hydrogen) atoms. The average molecular weight is 222 g/mol. The minimum absolute atomic E-state index is 0.331. The predicted molar refractivity (Wildman–Crippen MR) is 66.1 cm³/mol. The number of nitrogens with zero attached hydrogens (tertiary/aromatic N) is 1. The van der Waals surface area contributed by atoms with Crippen molar-refractivity contribution in [2.45, 2.75) is 30.6 Å². The van der Waals surface area contributed by atoms with Gasteiger partial charge in [-0.05, 0) is 44.2 Å². The van der Waals surface area contributed by atoms with E-state index in [9.17, 15) is 0 Å². The Kier molecular flexibility index (Phi) is 3.32. The smallest absolute Gasteiger partial charge is 0.0479 e. The summed E-state index contributed by atoms with van der Waals surface area (Å²) in [5.74, 6) is 1.29. The van der Waals surface area contributed by atoms with Gasteiger partial charge in [-0.25, -0.2) is 0 Å². The third-order valence-electron chi connectivity index (χ3n) is 3.17. The van der Waals surface area contributed by atoms with Crippen LogP contribution in [0.3, 0.4) is 0 Å². The van der Waals surface area contributed by atoms with Gasteiger partial charge in [0.05, 0.1) is 0 Å². The Balaban J connectivity index is 2.24. The van der Waals surface area contributed by atoms with Crippen LogP contribution in [-0.2, 0) is 0 Å². The van der Waals surface area contributed by atoms with Crippen LogP contribution in [0.1, 0.15) is 31.4 Å². The minimum Gasteiger partial charge on any atom is -0.312 e. The summed E-state index contributed by atoms with van der Waals surface area (Å²) >= 11 is 2.08. The Morgan fingerprint density at radius 2 is 2.47 bits per heavy atom. The van der Waals surface area contributed by atoms with Crippen LogP contribution in [0, 0.1) is 0 Å². The van der Waals surface area contributed by atoms with Crippen LogP contribution in [0.15, 0.2) is 24.5 Å². The molecule has 3 heteroatoms. The van der Waals surface area contributed by atoms with Gasteiger partial charge in [-0.15, -0.1) is 0 Å². The Hall–Kier alpha value is -0.540. The fourth-order valence-corrected chi connectivity index (χ4v) is 3.86. The van der Waals surface area contributed by atoms with E-state index in [2.05, 4.69) is 35.1 Å². The molecule has 1 aromatic rings. The molecular weight excluding hydrogens is 204 g/mol. The SMILES string of the molecule is CNC(c1cccnc1)C1(C)CCCS1. The van der Waals surface area contributed by atoms with E-state index in [1.54, 1.807) is 0 Å². The number of thioether (sulfide) groups is 1. The molecule has 1 fully saturated rings. The number of pyridine rings is 1. The molecule has 2 heterocycles. The molecule has 1 aromatic heterocycles. The van der Waals surface area contributed by atoms with E-state index < -0.39 is 0 Å². The van der Waals surface area contributed by atoms with Crippen LogP contribution in [0.2, 0.25) is 0 Å². The maximum Gasteiger partial charge on any atom is 0.0479 e. The second kappa shape index (κ2) is 4.54. The van der Waals surface area contributed by atoms with Gasteiger partial charge in [-0.3, -0.25) is 4.98 Å². The van der Waals surface area contributed by atoms with Gasteiger partial charge in [0.15, 0.2) is 0 Å². The minimum atomic E-state index is 0.331. The summed E-state index contributed by atoms with van der Waals surface area (Å²) in [7, 11) is 2.04. The Morgan fingerprint density at radius 3 is 3.00 bits per heavy atom. The highest BCUT2D eigenvalue weighted by atomic mass is 32.2. The van der Waals surface area contributed by atoms with Crippen molar-refractivity contribution in [2.75, 3.05) is 12.8 Å². The summed E-state index contributed by atoms with van der Waals surface area (Å²) < 4.78 is 0.331. The summed E-state index contributed by atoms with van der Waals surface area (Å²) in [5.41, 5.74) is 1.30. The monoisotopic (exact) mass is 222 g/mol. The molecule has 2 unspecified atom stereocenters. The van der Waals surface area contributed by atoms with Gasteiger partial charge in [0.1, 0.15) is 0 Å². The first-order valence-electron chi connectivity index (χ1n) is 5.47. The molecule has 2 atom stereocenters. The lowest BCUT2D eigenvalue weighted by molar-refractivity contribution is 0.440. The summed E-state index contributed by atoms with van der Waals surface area (Å²) in [4.78, 5) is 4.21. The maximum absolute atomic E-state index is 4.21. The van der Waals surface area contributed by atoms with Crippen LogP contribution >= 0.6 is 11.8 Å². The molecule has 1 saturated heterocycles. The van der Waals surface area contributed by atoms with Crippen LogP contribution in [0.5, 0.6) is 0 Å². The molecule has 1 aliphatic rings. The second-order valence-corrected chi connectivity index (χ2v) is 5.90. The largest absolute Gasteiger partial charge is 0.312 e. The average Bonchev–Trinajstić information content (AvgIpc) is 2.68. The van der Waals surface area contributed by atoms with Gasteiger partial charge >= 0.3 is 0 Å². The lowest BCUT2D eigenvalue weighted by Crippen LogP contribution is -2.35. The van der Waals surface area contributed by atoms with Gasteiger partial charge in [-0.1, -0.05) is 6.07 Å². The Morgan fingerprint density at radius 1 is 1.60 bits per heavy atom. The Bertz CT molecular complexity index is 307. The fraction of sp³-hybridized carbons (Fsp3) is 0.583. The molecule has 2 nitrogen and oxygen atoms in total. The van der Waals surface area contributed by atoms with E-state index in [1.165, 1.54) is 24.2 Å². The van der Waals surface area contributed by atoms with E-state index in [1.807, 2.05) is 25.5 Å².